The van der Waals surface area contributed by atoms with Crippen molar-refractivity contribution in [3.05, 3.63) is 29.3 Å². The SMILES string of the molecule is N[C@H]1CCC[C@@H]1Oc1ccc2c(c1)CN(N1C(=O)CCCC1=O)C2=O. The number of carbonyl (C=O) groups is 3. The van der Waals surface area contributed by atoms with Gasteiger partial charge in [-0.1, -0.05) is 0 Å². The average molecular weight is 343 g/mol. The molecule has 2 aliphatic heterocycles. The van der Waals surface area contributed by atoms with Gasteiger partial charge in [-0.15, -0.1) is 0 Å². The van der Waals surface area contributed by atoms with Crippen molar-refractivity contribution in [2.45, 2.75) is 57.2 Å². The van der Waals surface area contributed by atoms with Crippen LogP contribution in [0.1, 0.15) is 54.4 Å². The number of carbonyl (C=O) groups excluding carboxylic acids is 3. The molecule has 1 aromatic rings. The van der Waals surface area contributed by atoms with Crippen molar-refractivity contribution in [3.8, 4) is 5.75 Å². The molecule has 3 aliphatic rings. The highest BCUT2D eigenvalue weighted by Crippen LogP contribution is 2.31. The Morgan fingerprint density at radius 2 is 1.80 bits per heavy atom. The molecular weight excluding hydrogens is 322 g/mol. The summed E-state index contributed by atoms with van der Waals surface area (Å²) < 4.78 is 5.97. The van der Waals surface area contributed by atoms with Gasteiger partial charge >= 0.3 is 0 Å². The Morgan fingerprint density at radius 1 is 1.04 bits per heavy atom. The second kappa shape index (κ2) is 6.15. The number of piperidine rings is 1. The number of rotatable bonds is 3. The van der Waals surface area contributed by atoms with Gasteiger partial charge in [0.2, 0.25) is 11.8 Å². The number of imide groups is 1. The monoisotopic (exact) mass is 343 g/mol. The fourth-order valence-corrected chi connectivity index (χ4v) is 3.80. The first-order valence-electron chi connectivity index (χ1n) is 8.77. The van der Waals surface area contributed by atoms with E-state index in [0.29, 0.717) is 30.6 Å². The smallest absolute Gasteiger partial charge is 0.273 e. The summed E-state index contributed by atoms with van der Waals surface area (Å²) in [7, 11) is 0. The van der Waals surface area contributed by atoms with Crippen LogP contribution in [0, 0.1) is 0 Å². The third-order valence-electron chi connectivity index (χ3n) is 5.15. The van der Waals surface area contributed by atoms with E-state index < -0.39 is 0 Å². The van der Waals surface area contributed by atoms with Gasteiger partial charge in [0.15, 0.2) is 0 Å². The fourth-order valence-electron chi connectivity index (χ4n) is 3.80. The van der Waals surface area contributed by atoms with E-state index in [1.54, 1.807) is 12.1 Å². The molecule has 1 aromatic carbocycles. The van der Waals surface area contributed by atoms with Crippen LogP contribution in [0.15, 0.2) is 18.2 Å². The molecule has 0 aromatic heterocycles. The van der Waals surface area contributed by atoms with Crippen LogP contribution in [0.3, 0.4) is 0 Å². The van der Waals surface area contributed by atoms with E-state index in [1.807, 2.05) is 6.07 Å². The summed E-state index contributed by atoms with van der Waals surface area (Å²) in [6.07, 6.45) is 4.07. The number of amides is 3. The van der Waals surface area contributed by atoms with Crippen molar-refractivity contribution in [1.82, 2.24) is 10.0 Å². The number of hydrogen-bond donors (Lipinski definition) is 1. The van der Waals surface area contributed by atoms with E-state index in [1.165, 1.54) is 5.01 Å². The molecule has 25 heavy (non-hydrogen) atoms. The molecule has 1 saturated heterocycles. The van der Waals surface area contributed by atoms with Gasteiger partial charge in [0.05, 0.1) is 6.54 Å². The number of benzene rings is 1. The average Bonchev–Trinajstić information content (AvgIpc) is 3.12. The molecule has 1 saturated carbocycles. The van der Waals surface area contributed by atoms with Crippen LogP contribution in [-0.4, -0.2) is 39.9 Å². The van der Waals surface area contributed by atoms with Gasteiger partial charge in [-0.25, -0.2) is 5.01 Å². The molecule has 0 spiro atoms. The zero-order chi connectivity index (χ0) is 17.6. The highest BCUT2D eigenvalue weighted by Gasteiger charge is 2.39. The van der Waals surface area contributed by atoms with E-state index in [0.717, 1.165) is 29.8 Å². The topological polar surface area (TPSA) is 92.9 Å². The Labute approximate surface area is 145 Å². The lowest BCUT2D eigenvalue weighted by molar-refractivity contribution is -0.163. The summed E-state index contributed by atoms with van der Waals surface area (Å²) in [6, 6.07) is 5.31. The molecule has 0 radical (unpaired) electrons. The molecule has 1 aliphatic carbocycles. The van der Waals surface area contributed by atoms with E-state index >= 15 is 0 Å². The van der Waals surface area contributed by atoms with Gasteiger partial charge in [-0.05, 0) is 49.4 Å². The van der Waals surface area contributed by atoms with E-state index in [4.69, 9.17) is 10.5 Å². The fraction of sp³-hybridized carbons (Fsp3) is 0.500. The van der Waals surface area contributed by atoms with E-state index in [-0.39, 0.29) is 36.4 Å². The minimum atomic E-state index is -0.317. The van der Waals surface area contributed by atoms with Crippen molar-refractivity contribution in [2.75, 3.05) is 0 Å². The van der Waals surface area contributed by atoms with Gasteiger partial charge in [-0.2, -0.15) is 5.01 Å². The molecule has 3 amide bonds. The van der Waals surface area contributed by atoms with Gasteiger partial charge < -0.3 is 10.5 Å². The van der Waals surface area contributed by atoms with Crippen LogP contribution in [-0.2, 0) is 16.1 Å². The Morgan fingerprint density at radius 3 is 2.48 bits per heavy atom. The van der Waals surface area contributed by atoms with Crippen LogP contribution in [0.2, 0.25) is 0 Å². The highest BCUT2D eigenvalue weighted by atomic mass is 16.5. The molecule has 7 nitrogen and oxygen atoms in total. The van der Waals surface area contributed by atoms with Crippen molar-refractivity contribution in [3.63, 3.8) is 0 Å². The molecule has 2 fully saturated rings. The van der Waals surface area contributed by atoms with Gasteiger partial charge in [-0.3, -0.25) is 14.4 Å². The maximum absolute atomic E-state index is 12.6. The minimum absolute atomic E-state index is 0.00323. The normalized spacial score (nSPS) is 26.4. The molecule has 0 unspecified atom stereocenters. The van der Waals surface area contributed by atoms with Crippen molar-refractivity contribution < 1.29 is 19.1 Å². The zero-order valence-electron chi connectivity index (χ0n) is 13.9. The minimum Gasteiger partial charge on any atom is -0.489 e. The Hall–Kier alpha value is -2.41. The van der Waals surface area contributed by atoms with Crippen molar-refractivity contribution >= 4 is 17.7 Å². The van der Waals surface area contributed by atoms with Crippen LogP contribution in [0.25, 0.3) is 0 Å². The lowest BCUT2D eigenvalue weighted by Crippen LogP contribution is -2.51. The number of fused-ring (bicyclic) bond motifs is 1. The molecule has 2 heterocycles. The van der Waals surface area contributed by atoms with Crippen LogP contribution >= 0.6 is 0 Å². The van der Waals surface area contributed by atoms with Crippen LogP contribution < -0.4 is 10.5 Å². The Balaban J connectivity index is 1.54. The molecule has 0 bridgehead atoms. The summed E-state index contributed by atoms with van der Waals surface area (Å²) in [5, 5.41) is 2.26. The summed E-state index contributed by atoms with van der Waals surface area (Å²) >= 11 is 0. The maximum atomic E-state index is 12.6. The number of hydrogen-bond acceptors (Lipinski definition) is 5. The second-order valence-corrected chi connectivity index (χ2v) is 6.89. The van der Waals surface area contributed by atoms with E-state index in [9.17, 15) is 14.4 Å². The standard InChI is InChI=1S/C18H21N3O4/c19-14-3-1-4-15(14)25-12-7-8-13-11(9-12)10-20(18(13)24)21-16(22)5-2-6-17(21)23/h7-9,14-15H,1-6,10,19H2/t14-,15-/m0/s1. The van der Waals surface area contributed by atoms with Crippen molar-refractivity contribution in [1.29, 1.82) is 0 Å². The predicted octanol–water partition coefficient (Wildman–Crippen LogP) is 1.36. The third-order valence-corrected chi connectivity index (χ3v) is 5.15. The third kappa shape index (κ3) is 2.78. The zero-order valence-corrected chi connectivity index (χ0v) is 13.9. The first kappa shape index (κ1) is 16.1. The van der Waals surface area contributed by atoms with Gasteiger partial charge in [0.25, 0.3) is 5.91 Å². The van der Waals surface area contributed by atoms with Crippen molar-refractivity contribution in [2.24, 2.45) is 5.73 Å². The summed E-state index contributed by atoms with van der Waals surface area (Å²) in [6.45, 7) is 0.208. The first-order chi connectivity index (χ1) is 12.0. The predicted molar refractivity (Wildman–Crippen MR) is 88.3 cm³/mol. The number of ether oxygens (including phenoxy) is 1. The molecule has 132 valence electrons. The van der Waals surface area contributed by atoms with Crippen LogP contribution in [0.5, 0.6) is 5.75 Å². The Kier molecular flexibility index (Phi) is 3.95. The highest BCUT2D eigenvalue weighted by molar-refractivity contribution is 6.04. The molecule has 7 heteroatoms. The van der Waals surface area contributed by atoms with Gasteiger partial charge in [0.1, 0.15) is 11.9 Å². The maximum Gasteiger partial charge on any atom is 0.273 e. The lowest BCUT2D eigenvalue weighted by atomic mass is 10.1. The van der Waals surface area contributed by atoms with Gasteiger partial charge in [0, 0.05) is 24.4 Å². The summed E-state index contributed by atoms with van der Waals surface area (Å²) in [4.78, 5) is 36.8. The number of nitrogens with two attached hydrogens (primary N) is 1. The second-order valence-electron chi connectivity index (χ2n) is 6.89. The molecule has 4 rings (SSSR count). The largest absolute Gasteiger partial charge is 0.489 e. The quantitative estimate of drug-likeness (QED) is 0.837. The van der Waals surface area contributed by atoms with E-state index in [2.05, 4.69) is 0 Å². The molecule has 2 N–H and O–H groups in total. The first-order valence-corrected chi connectivity index (χ1v) is 8.77. The Bertz CT molecular complexity index is 732. The summed E-state index contributed by atoms with van der Waals surface area (Å²) in [5.74, 6) is -0.272. The number of hydrazine groups is 1. The summed E-state index contributed by atoms with van der Waals surface area (Å²) in [5.41, 5.74) is 7.32. The lowest BCUT2D eigenvalue weighted by Gasteiger charge is -2.32. The van der Waals surface area contributed by atoms with Crippen LogP contribution in [0.4, 0.5) is 0 Å². The number of nitrogens with zero attached hydrogens (tertiary/aromatic N) is 2. The molecular formula is C18H21N3O4. The molecule has 2 atom stereocenters.